The smallest absolute Gasteiger partial charge is 0.335 e. The Bertz CT molecular complexity index is 1430. The predicted octanol–water partition coefficient (Wildman–Crippen LogP) is 6.72. The number of methoxy groups -OCH3 is 1. The molecule has 0 aliphatic heterocycles. The topological polar surface area (TPSA) is 71.8 Å². The summed E-state index contributed by atoms with van der Waals surface area (Å²) in [7, 11) is 3.47. The van der Waals surface area contributed by atoms with Crippen molar-refractivity contribution < 1.29 is 19.4 Å². The zero-order chi connectivity index (χ0) is 26.6. The van der Waals surface area contributed by atoms with E-state index in [9.17, 15) is 14.7 Å². The molecule has 1 amide bonds. The first-order valence-electron chi connectivity index (χ1n) is 13.3. The summed E-state index contributed by atoms with van der Waals surface area (Å²) in [6.07, 6.45) is 5.76. The summed E-state index contributed by atoms with van der Waals surface area (Å²) >= 11 is 0. The van der Waals surface area contributed by atoms with Gasteiger partial charge in [0.2, 0.25) is 5.91 Å². The van der Waals surface area contributed by atoms with Gasteiger partial charge in [-0.1, -0.05) is 55.7 Å². The Morgan fingerprint density at radius 3 is 2.34 bits per heavy atom. The van der Waals surface area contributed by atoms with Crippen molar-refractivity contribution in [3.05, 3.63) is 89.5 Å². The molecule has 5 rings (SSSR count). The van der Waals surface area contributed by atoms with Gasteiger partial charge in [-0.25, -0.2) is 4.79 Å². The first-order valence-corrected chi connectivity index (χ1v) is 13.3. The highest BCUT2D eigenvalue weighted by molar-refractivity contribution is 5.99. The van der Waals surface area contributed by atoms with Crippen molar-refractivity contribution in [3.63, 3.8) is 0 Å². The van der Waals surface area contributed by atoms with E-state index in [1.165, 1.54) is 24.8 Å². The van der Waals surface area contributed by atoms with Crippen molar-refractivity contribution in [2.75, 3.05) is 14.2 Å². The van der Waals surface area contributed by atoms with Crippen LogP contribution in [0, 0.1) is 0 Å². The first-order chi connectivity index (χ1) is 18.5. The van der Waals surface area contributed by atoms with Gasteiger partial charge in [-0.15, -0.1) is 0 Å². The van der Waals surface area contributed by atoms with Crippen molar-refractivity contribution in [1.82, 2.24) is 9.47 Å². The Morgan fingerprint density at radius 1 is 0.974 bits per heavy atom. The van der Waals surface area contributed by atoms with E-state index in [1.54, 1.807) is 24.1 Å². The van der Waals surface area contributed by atoms with E-state index in [2.05, 4.69) is 0 Å². The molecule has 1 aromatic heterocycles. The lowest BCUT2D eigenvalue weighted by Gasteiger charge is -2.24. The van der Waals surface area contributed by atoms with E-state index in [-0.39, 0.29) is 18.0 Å². The molecule has 1 saturated carbocycles. The average Bonchev–Trinajstić information content (AvgIpc) is 3.27. The molecule has 3 aromatic carbocycles. The van der Waals surface area contributed by atoms with E-state index < -0.39 is 5.97 Å². The van der Waals surface area contributed by atoms with E-state index in [0.29, 0.717) is 12.5 Å². The molecule has 0 saturated heterocycles. The second-order valence-corrected chi connectivity index (χ2v) is 10.2. The third-order valence-electron chi connectivity index (χ3n) is 7.71. The van der Waals surface area contributed by atoms with Crippen LogP contribution in [-0.2, 0) is 17.9 Å². The number of rotatable bonds is 8. The number of carboxylic acid groups (broad SMARTS) is 1. The molecule has 0 unspecified atom stereocenters. The van der Waals surface area contributed by atoms with Crippen LogP contribution in [0.3, 0.4) is 0 Å². The molecular formula is C32H34N2O4. The van der Waals surface area contributed by atoms with Crippen LogP contribution in [0.25, 0.3) is 22.2 Å². The lowest BCUT2D eigenvalue weighted by Crippen LogP contribution is -2.30. The van der Waals surface area contributed by atoms with Gasteiger partial charge in [0.05, 0.1) is 23.9 Å². The number of likely N-dealkylation sites (N-methyl/N-ethyl adjacent to an activating group) is 1. The quantitative estimate of drug-likeness (QED) is 0.286. The minimum atomic E-state index is -0.975. The highest BCUT2D eigenvalue weighted by Crippen LogP contribution is 2.44. The number of aromatic carboxylic acids is 1. The van der Waals surface area contributed by atoms with Crippen LogP contribution >= 0.6 is 0 Å². The van der Waals surface area contributed by atoms with Crippen LogP contribution in [0.2, 0.25) is 0 Å². The Morgan fingerprint density at radius 2 is 1.68 bits per heavy atom. The molecule has 1 fully saturated rings. The average molecular weight is 511 g/mol. The number of amides is 1. The molecule has 1 N–H and O–H groups in total. The maximum atomic E-state index is 13.6. The molecule has 38 heavy (non-hydrogen) atoms. The van der Waals surface area contributed by atoms with E-state index in [4.69, 9.17) is 4.74 Å². The van der Waals surface area contributed by atoms with Crippen molar-refractivity contribution in [2.24, 2.45) is 0 Å². The number of aromatic nitrogens is 1. The molecule has 0 atom stereocenters. The minimum absolute atomic E-state index is 0.0311. The van der Waals surface area contributed by atoms with Gasteiger partial charge >= 0.3 is 5.97 Å². The van der Waals surface area contributed by atoms with Crippen LogP contribution in [0.4, 0.5) is 0 Å². The van der Waals surface area contributed by atoms with Crippen LogP contribution in [0.15, 0.2) is 72.8 Å². The molecule has 0 spiro atoms. The first kappa shape index (κ1) is 25.6. The molecule has 196 valence electrons. The zero-order valence-corrected chi connectivity index (χ0v) is 22.0. The van der Waals surface area contributed by atoms with Crippen molar-refractivity contribution in [2.45, 2.75) is 51.1 Å². The molecule has 4 aromatic rings. The molecule has 0 bridgehead atoms. The van der Waals surface area contributed by atoms with Gasteiger partial charge in [0.25, 0.3) is 0 Å². The number of carbonyl (C=O) groups excluding carboxylic acids is 1. The number of ether oxygens (including phenoxy) is 1. The Kier molecular flexibility index (Phi) is 7.50. The number of hydrogen-bond acceptors (Lipinski definition) is 3. The fourth-order valence-corrected chi connectivity index (χ4v) is 5.74. The molecule has 6 nitrogen and oxygen atoms in total. The fraction of sp³-hybridized carbons (Fsp3) is 0.312. The fourth-order valence-electron chi connectivity index (χ4n) is 5.74. The maximum absolute atomic E-state index is 13.6. The Balaban J connectivity index is 1.66. The van der Waals surface area contributed by atoms with E-state index >= 15 is 0 Å². The number of benzene rings is 3. The van der Waals surface area contributed by atoms with Gasteiger partial charge in [-0.05, 0) is 71.8 Å². The van der Waals surface area contributed by atoms with Gasteiger partial charge in [0.1, 0.15) is 12.3 Å². The molecule has 1 heterocycles. The second-order valence-electron chi connectivity index (χ2n) is 10.2. The highest BCUT2D eigenvalue weighted by Gasteiger charge is 2.28. The second kappa shape index (κ2) is 11.1. The van der Waals surface area contributed by atoms with E-state index in [0.717, 1.165) is 46.3 Å². The predicted molar refractivity (Wildman–Crippen MR) is 150 cm³/mol. The Labute approximate surface area is 223 Å². The zero-order valence-electron chi connectivity index (χ0n) is 22.0. The van der Waals surface area contributed by atoms with Crippen LogP contribution in [0.1, 0.15) is 59.5 Å². The summed E-state index contributed by atoms with van der Waals surface area (Å²) in [5.74, 6) is 0.119. The maximum Gasteiger partial charge on any atom is 0.335 e. The number of carbonyl (C=O) groups is 2. The number of nitrogens with zero attached hydrogens (tertiary/aromatic N) is 2. The van der Waals surface area contributed by atoms with Crippen LogP contribution in [-0.4, -0.2) is 40.6 Å². The standard InChI is InChI=1S/C32H34N2O4/c1-33(20-22-9-5-3-6-10-22)29(35)21-34-28-19-25(32(36)37)15-18-27(28)30(23-11-7-4-8-12-23)31(34)24-13-16-26(38-2)17-14-24/h3,5-6,9-10,13-19,23H,4,7-8,11-12,20-21H2,1-2H3,(H,36,37). The molecule has 1 aliphatic carbocycles. The normalized spacial score (nSPS) is 13.9. The molecular weight excluding hydrogens is 476 g/mol. The van der Waals surface area contributed by atoms with Crippen LogP contribution < -0.4 is 4.74 Å². The minimum Gasteiger partial charge on any atom is -0.497 e. The number of carboxylic acids is 1. The third-order valence-corrected chi connectivity index (χ3v) is 7.71. The molecule has 0 radical (unpaired) electrons. The van der Waals surface area contributed by atoms with Gasteiger partial charge < -0.3 is 19.3 Å². The van der Waals surface area contributed by atoms with Gasteiger partial charge in [-0.2, -0.15) is 0 Å². The summed E-state index contributed by atoms with van der Waals surface area (Å²) in [5, 5.41) is 10.8. The summed E-state index contributed by atoms with van der Waals surface area (Å²) in [6.45, 7) is 0.629. The third kappa shape index (κ3) is 5.17. The lowest BCUT2D eigenvalue weighted by molar-refractivity contribution is -0.130. The van der Waals surface area contributed by atoms with Crippen molar-refractivity contribution in [1.29, 1.82) is 0 Å². The summed E-state index contributed by atoms with van der Waals surface area (Å²) in [6, 6.07) is 23.2. The molecule has 1 aliphatic rings. The number of hydrogen-bond donors (Lipinski definition) is 1. The van der Waals surface area contributed by atoms with Gasteiger partial charge in [0.15, 0.2) is 0 Å². The van der Waals surface area contributed by atoms with Crippen molar-refractivity contribution >= 4 is 22.8 Å². The monoisotopic (exact) mass is 510 g/mol. The van der Waals surface area contributed by atoms with Gasteiger partial charge in [0, 0.05) is 19.0 Å². The summed E-state index contributed by atoms with van der Waals surface area (Å²) < 4.78 is 7.44. The Hall–Kier alpha value is -4.06. The largest absolute Gasteiger partial charge is 0.497 e. The SMILES string of the molecule is COc1ccc(-c2c(C3CCCCC3)c3ccc(C(=O)O)cc3n2CC(=O)N(C)Cc2ccccc2)cc1. The van der Waals surface area contributed by atoms with Crippen molar-refractivity contribution in [3.8, 4) is 17.0 Å². The number of fused-ring (bicyclic) bond motifs is 1. The molecule has 6 heteroatoms. The van der Waals surface area contributed by atoms with Crippen LogP contribution in [0.5, 0.6) is 5.75 Å². The summed E-state index contributed by atoms with van der Waals surface area (Å²) in [5.41, 5.74) is 5.29. The highest BCUT2D eigenvalue weighted by atomic mass is 16.5. The summed E-state index contributed by atoms with van der Waals surface area (Å²) in [4.78, 5) is 27.3. The lowest BCUT2D eigenvalue weighted by atomic mass is 9.82. The van der Waals surface area contributed by atoms with E-state index in [1.807, 2.05) is 72.3 Å². The van der Waals surface area contributed by atoms with Gasteiger partial charge in [-0.3, -0.25) is 4.79 Å².